The van der Waals surface area contributed by atoms with Crippen LogP contribution in [-0.4, -0.2) is 54.8 Å². The van der Waals surface area contributed by atoms with Crippen LogP contribution in [0.2, 0.25) is 0 Å². The van der Waals surface area contributed by atoms with Gasteiger partial charge in [-0.2, -0.15) is 5.10 Å². The fourth-order valence-corrected chi connectivity index (χ4v) is 3.52. The Hall–Kier alpha value is -0.960. The van der Waals surface area contributed by atoms with Crippen LogP contribution in [0.3, 0.4) is 0 Å². The van der Waals surface area contributed by atoms with Gasteiger partial charge in [0.25, 0.3) is 10.0 Å². The Morgan fingerprint density at radius 3 is 3.05 bits per heavy atom. The van der Waals surface area contributed by atoms with Crippen LogP contribution in [0.1, 0.15) is 24.8 Å². The van der Waals surface area contributed by atoms with Crippen molar-refractivity contribution in [2.75, 3.05) is 20.1 Å². The number of H-pyrrole nitrogens is 1. The number of sulfonamides is 1. The number of hydrogen-bond donors (Lipinski definition) is 3. The van der Waals surface area contributed by atoms with Crippen LogP contribution in [0, 0.1) is 0 Å². The Bertz CT molecular complexity index is 514. The first-order chi connectivity index (χ1) is 9.04. The summed E-state index contributed by atoms with van der Waals surface area (Å²) in [4.78, 5) is 2.17. The van der Waals surface area contributed by atoms with E-state index in [1.54, 1.807) is 0 Å². The molecule has 1 atom stereocenters. The van der Waals surface area contributed by atoms with Crippen molar-refractivity contribution in [2.45, 2.75) is 36.9 Å². The van der Waals surface area contributed by atoms with Crippen molar-refractivity contribution in [1.82, 2.24) is 19.8 Å². The molecule has 0 radical (unpaired) electrons. The number of aromatic amines is 1. The maximum absolute atomic E-state index is 12.1. The number of aliphatic hydroxyl groups is 1. The van der Waals surface area contributed by atoms with Gasteiger partial charge in [0.1, 0.15) is 0 Å². The largest absolute Gasteiger partial charge is 0.392 e. The van der Waals surface area contributed by atoms with Gasteiger partial charge in [0.05, 0.1) is 12.8 Å². The van der Waals surface area contributed by atoms with Crippen LogP contribution in [0.25, 0.3) is 0 Å². The highest BCUT2D eigenvalue weighted by atomic mass is 32.2. The molecule has 7 nitrogen and oxygen atoms in total. The lowest BCUT2D eigenvalue weighted by atomic mass is 10.0. The highest BCUT2D eigenvalue weighted by Gasteiger charge is 2.24. The van der Waals surface area contributed by atoms with E-state index < -0.39 is 10.0 Å². The van der Waals surface area contributed by atoms with E-state index in [0.29, 0.717) is 6.54 Å². The van der Waals surface area contributed by atoms with E-state index in [9.17, 15) is 8.42 Å². The van der Waals surface area contributed by atoms with Crippen LogP contribution < -0.4 is 4.72 Å². The van der Waals surface area contributed by atoms with Gasteiger partial charge < -0.3 is 10.0 Å². The minimum absolute atomic E-state index is 0.0477. The van der Waals surface area contributed by atoms with E-state index >= 15 is 0 Å². The number of likely N-dealkylation sites (N-methyl/N-ethyl adjacent to an activating group) is 1. The fourth-order valence-electron chi connectivity index (χ4n) is 2.32. The van der Waals surface area contributed by atoms with Gasteiger partial charge in [0.2, 0.25) is 0 Å². The predicted molar refractivity (Wildman–Crippen MR) is 70.0 cm³/mol. The van der Waals surface area contributed by atoms with Gasteiger partial charge in [0, 0.05) is 18.2 Å². The van der Waals surface area contributed by atoms with E-state index in [0.717, 1.165) is 25.8 Å². The Morgan fingerprint density at radius 1 is 1.58 bits per heavy atom. The summed E-state index contributed by atoms with van der Waals surface area (Å²) in [5.74, 6) is 0. The van der Waals surface area contributed by atoms with E-state index in [-0.39, 0.29) is 23.2 Å². The molecule has 1 unspecified atom stereocenters. The third kappa shape index (κ3) is 3.33. The van der Waals surface area contributed by atoms with Crippen LogP contribution >= 0.6 is 0 Å². The number of aromatic nitrogens is 2. The molecular weight excluding hydrogens is 268 g/mol. The number of nitrogens with one attached hydrogen (secondary N) is 2. The lowest BCUT2D eigenvalue weighted by Crippen LogP contribution is -2.44. The molecule has 0 saturated carbocycles. The number of likely N-dealkylation sites (tertiary alicyclic amines) is 1. The Morgan fingerprint density at radius 2 is 2.37 bits per heavy atom. The summed E-state index contributed by atoms with van der Waals surface area (Å²) in [5.41, 5.74) is 0.282. The molecule has 0 amide bonds. The molecule has 0 aromatic carbocycles. The third-order valence-electron chi connectivity index (χ3n) is 3.55. The van der Waals surface area contributed by atoms with Crippen LogP contribution in [-0.2, 0) is 16.6 Å². The number of rotatable bonds is 5. The van der Waals surface area contributed by atoms with Crippen LogP contribution in [0.4, 0.5) is 0 Å². The number of nitrogens with zero attached hydrogens (tertiary/aromatic N) is 2. The van der Waals surface area contributed by atoms with Crippen molar-refractivity contribution < 1.29 is 13.5 Å². The van der Waals surface area contributed by atoms with Crippen molar-refractivity contribution >= 4 is 10.0 Å². The first kappa shape index (κ1) is 14.4. The van der Waals surface area contributed by atoms with Gasteiger partial charge >= 0.3 is 0 Å². The van der Waals surface area contributed by atoms with Crippen molar-refractivity contribution in [3.63, 3.8) is 0 Å². The smallest absolute Gasteiger partial charge is 0.257 e. The summed E-state index contributed by atoms with van der Waals surface area (Å²) in [6.45, 7) is 1.02. The third-order valence-corrected chi connectivity index (χ3v) is 4.99. The Balaban J connectivity index is 2.01. The van der Waals surface area contributed by atoms with Crippen molar-refractivity contribution in [2.24, 2.45) is 0 Å². The van der Waals surface area contributed by atoms with Gasteiger partial charge in [-0.1, -0.05) is 6.42 Å². The Labute approximate surface area is 113 Å². The summed E-state index contributed by atoms with van der Waals surface area (Å²) < 4.78 is 26.8. The van der Waals surface area contributed by atoms with E-state index in [1.165, 1.54) is 6.20 Å². The predicted octanol–water partition coefficient (Wildman–Crippen LogP) is -0.335. The first-order valence-electron chi connectivity index (χ1n) is 6.37. The lowest BCUT2D eigenvalue weighted by Gasteiger charge is -2.32. The molecule has 1 aromatic heterocycles. The maximum Gasteiger partial charge on any atom is 0.257 e. The van der Waals surface area contributed by atoms with E-state index in [1.807, 2.05) is 7.05 Å². The van der Waals surface area contributed by atoms with Crippen molar-refractivity contribution in [3.05, 3.63) is 11.8 Å². The molecule has 0 bridgehead atoms. The van der Waals surface area contributed by atoms with Crippen LogP contribution in [0.15, 0.2) is 11.2 Å². The monoisotopic (exact) mass is 288 g/mol. The van der Waals surface area contributed by atoms with Gasteiger partial charge in [-0.25, -0.2) is 13.1 Å². The molecule has 108 valence electrons. The normalized spacial score (nSPS) is 21.7. The lowest BCUT2D eigenvalue weighted by molar-refractivity contribution is 0.187. The van der Waals surface area contributed by atoms with Gasteiger partial charge in [-0.05, 0) is 26.4 Å². The second kappa shape index (κ2) is 6.00. The standard InChI is InChI=1S/C11H20N4O3S/c1-15-5-3-2-4-10(15)7-13-19(17,18)11-9(8-16)6-12-14-11/h6,10,13,16H,2-5,7-8H2,1H3,(H,12,14). The van der Waals surface area contributed by atoms with Gasteiger partial charge in [-0.3, -0.25) is 5.10 Å². The van der Waals surface area contributed by atoms with Crippen molar-refractivity contribution in [1.29, 1.82) is 0 Å². The second-order valence-electron chi connectivity index (χ2n) is 4.86. The summed E-state index contributed by atoms with van der Waals surface area (Å²) in [7, 11) is -1.63. The molecule has 3 N–H and O–H groups in total. The topological polar surface area (TPSA) is 98.3 Å². The summed E-state index contributed by atoms with van der Waals surface area (Å²) in [5, 5.41) is 15.1. The molecule has 0 aliphatic carbocycles. The zero-order valence-electron chi connectivity index (χ0n) is 11.0. The first-order valence-corrected chi connectivity index (χ1v) is 7.86. The Kier molecular flexibility index (Phi) is 4.56. The molecule has 19 heavy (non-hydrogen) atoms. The number of piperidine rings is 1. The molecule has 1 aliphatic rings. The highest BCUT2D eigenvalue weighted by Crippen LogP contribution is 2.16. The molecule has 1 aliphatic heterocycles. The van der Waals surface area contributed by atoms with E-state index in [4.69, 9.17) is 5.11 Å². The molecule has 2 heterocycles. The molecule has 1 aromatic rings. The van der Waals surface area contributed by atoms with Crippen molar-refractivity contribution in [3.8, 4) is 0 Å². The van der Waals surface area contributed by atoms with Gasteiger partial charge in [-0.15, -0.1) is 0 Å². The average molecular weight is 288 g/mol. The summed E-state index contributed by atoms with van der Waals surface area (Å²) >= 11 is 0. The molecule has 1 saturated heterocycles. The average Bonchev–Trinajstić information content (AvgIpc) is 2.87. The second-order valence-corrected chi connectivity index (χ2v) is 6.57. The fraction of sp³-hybridized carbons (Fsp3) is 0.727. The molecule has 0 spiro atoms. The maximum atomic E-state index is 12.1. The molecule has 8 heteroatoms. The summed E-state index contributed by atoms with van der Waals surface area (Å²) in [6.07, 6.45) is 4.60. The highest BCUT2D eigenvalue weighted by molar-refractivity contribution is 7.89. The van der Waals surface area contributed by atoms with Gasteiger partial charge in [0.15, 0.2) is 5.03 Å². The number of aliphatic hydroxyl groups excluding tert-OH is 1. The minimum atomic E-state index is -3.64. The molecule has 2 rings (SSSR count). The van der Waals surface area contributed by atoms with Crippen LogP contribution in [0.5, 0.6) is 0 Å². The zero-order chi connectivity index (χ0) is 13.9. The van der Waals surface area contributed by atoms with E-state index in [2.05, 4.69) is 19.8 Å². The quantitative estimate of drug-likeness (QED) is 0.689. The number of hydrogen-bond acceptors (Lipinski definition) is 5. The molecule has 1 fully saturated rings. The minimum Gasteiger partial charge on any atom is -0.392 e. The SMILES string of the molecule is CN1CCCCC1CNS(=O)(=O)c1[nH]ncc1CO. The molecular formula is C11H20N4O3S. The zero-order valence-corrected chi connectivity index (χ0v) is 11.8. The summed E-state index contributed by atoms with van der Waals surface area (Å²) in [6, 6.07) is 0.226.